The van der Waals surface area contributed by atoms with E-state index in [4.69, 9.17) is 0 Å². The van der Waals surface area contributed by atoms with Crippen LogP contribution in [0.1, 0.15) is 43.5 Å². The molecular formula is C17H20FN3O. The third-order valence-electron chi connectivity index (χ3n) is 3.54. The molecular weight excluding hydrogens is 281 g/mol. The van der Waals surface area contributed by atoms with Crippen molar-refractivity contribution in [2.75, 3.05) is 0 Å². The molecule has 5 heteroatoms. The molecule has 0 aliphatic carbocycles. The minimum Gasteiger partial charge on any atom is -0.332 e. The van der Waals surface area contributed by atoms with Gasteiger partial charge in [0, 0.05) is 12.4 Å². The van der Waals surface area contributed by atoms with Crippen LogP contribution in [0.5, 0.6) is 0 Å². The number of aromatic nitrogens is 1. The third kappa shape index (κ3) is 4.28. The standard InChI is InChI=1S/C17H20FN3O/c1-3-16(14-8-10-19-11-9-14)21-17(22)20-12(2)13-4-6-15(18)7-5-13/h4-12,16H,3H2,1-2H3,(H2,20,21,22). The zero-order valence-corrected chi connectivity index (χ0v) is 12.7. The second kappa shape index (κ2) is 7.54. The van der Waals surface area contributed by atoms with E-state index in [1.165, 1.54) is 12.1 Å². The number of hydrogen-bond donors (Lipinski definition) is 2. The van der Waals surface area contributed by atoms with Crippen molar-refractivity contribution in [3.05, 3.63) is 65.7 Å². The second-order valence-electron chi connectivity index (χ2n) is 5.13. The topological polar surface area (TPSA) is 54.0 Å². The minimum absolute atomic E-state index is 0.0663. The molecule has 0 aliphatic heterocycles. The SMILES string of the molecule is CCC(NC(=O)NC(C)c1ccc(F)cc1)c1ccncc1. The first-order valence-electron chi connectivity index (χ1n) is 7.32. The van der Waals surface area contributed by atoms with Gasteiger partial charge in [-0.2, -0.15) is 0 Å². The van der Waals surface area contributed by atoms with Gasteiger partial charge in [0.25, 0.3) is 0 Å². The number of urea groups is 1. The van der Waals surface area contributed by atoms with Gasteiger partial charge in [-0.25, -0.2) is 9.18 Å². The van der Waals surface area contributed by atoms with E-state index in [2.05, 4.69) is 15.6 Å². The van der Waals surface area contributed by atoms with Crippen molar-refractivity contribution in [2.24, 2.45) is 0 Å². The van der Waals surface area contributed by atoms with Crippen molar-refractivity contribution < 1.29 is 9.18 Å². The van der Waals surface area contributed by atoms with Gasteiger partial charge >= 0.3 is 6.03 Å². The quantitative estimate of drug-likeness (QED) is 0.884. The molecule has 0 saturated carbocycles. The van der Waals surface area contributed by atoms with E-state index in [-0.39, 0.29) is 23.9 Å². The number of carbonyl (C=O) groups excluding carboxylic acids is 1. The lowest BCUT2D eigenvalue weighted by Crippen LogP contribution is -2.39. The highest BCUT2D eigenvalue weighted by Gasteiger charge is 2.14. The highest BCUT2D eigenvalue weighted by molar-refractivity contribution is 5.75. The zero-order chi connectivity index (χ0) is 15.9. The number of nitrogens with one attached hydrogen (secondary N) is 2. The number of nitrogens with zero attached hydrogens (tertiary/aromatic N) is 1. The molecule has 22 heavy (non-hydrogen) atoms. The van der Waals surface area contributed by atoms with Gasteiger partial charge in [-0.1, -0.05) is 19.1 Å². The van der Waals surface area contributed by atoms with Gasteiger partial charge in [-0.15, -0.1) is 0 Å². The Bertz CT molecular complexity index is 601. The summed E-state index contributed by atoms with van der Waals surface area (Å²) in [5, 5.41) is 5.81. The third-order valence-corrected chi connectivity index (χ3v) is 3.54. The van der Waals surface area contributed by atoms with Crippen LogP contribution in [0.15, 0.2) is 48.8 Å². The summed E-state index contributed by atoms with van der Waals surface area (Å²) in [6.45, 7) is 3.87. The lowest BCUT2D eigenvalue weighted by atomic mass is 10.1. The van der Waals surface area contributed by atoms with Crippen molar-refractivity contribution in [3.8, 4) is 0 Å². The van der Waals surface area contributed by atoms with Crippen molar-refractivity contribution in [1.82, 2.24) is 15.6 Å². The summed E-state index contributed by atoms with van der Waals surface area (Å²) >= 11 is 0. The first-order chi connectivity index (χ1) is 10.6. The lowest BCUT2D eigenvalue weighted by Gasteiger charge is -2.20. The van der Waals surface area contributed by atoms with Crippen molar-refractivity contribution in [2.45, 2.75) is 32.4 Å². The molecule has 2 atom stereocenters. The Kier molecular flexibility index (Phi) is 5.47. The zero-order valence-electron chi connectivity index (χ0n) is 12.7. The van der Waals surface area contributed by atoms with Gasteiger partial charge < -0.3 is 10.6 Å². The molecule has 2 unspecified atom stereocenters. The largest absolute Gasteiger partial charge is 0.332 e. The highest BCUT2D eigenvalue weighted by atomic mass is 19.1. The lowest BCUT2D eigenvalue weighted by molar-refractivity contribution is 0.233. The second-order valence-corrected chi connectivity index (χ2v) is 5.13. The van der Waals surface area contributed by atoms with Crippen LogP contribution in [-0.4, -0.2) is 11.0 Å². The van der Waals surface area contributed by atoms with Crippen molar-refractivity contribution in [3.63, 3.8) is 0 Å². The number of carbonyl (C=O) groups is 1. The van der Waals surface area contributed by atoms with Gasteiger partial charge in [-0.3, -0.25) is 4.98 Å². The van der Waals surface area contributed by atoms with Gasteiger partial charge in [0.05, 0.1) is 12.1 Å². The number of hydrogen-bond acceptors (Lipinski definition) is 2. The highest BCUT2D eigenvalue weighted by Crippen LogP contribution is 2.16. The fourth-order valence-electron chi connectivity index (χ4n) is 2.25. The predicted molar refractivity (Wildman–Crippen MR) is 83.8 cm³/mol. The molecule has 2 rings (SSSR count). The fraction of sp³-hybridized carbons (Fsp3) is 0.294. The molecule has 2 amide bonds. The summed E-state index contributed by atoms with van der Waals surface area (Å²) in [6.07, 6.45) is 4.19. The van der Waals surface area contributed by atoms with E-state index < -0.39 is 0 Å². The maximum Gasteiger partial charge on any atom is 0.315 e. The molecule has 1 heterocycles. The number of halogens is 1. The smallest absolute Gasteiger partial charge is 0.315 e. The van der Waals surface area contributed by atoms with E-state index in [1.54, 1.807) is 24.5 Å². The Hall–Kier alpha value is -2.43. The van der Waals surface area contributed by atoms with Gasteiger partial charge in [-0.05, 0) is 48.7 Å². The normalized spacial score (nSPS) is 13.2. The van der Waals surface area contributed by atoms with Crippen molar-refractivity contribution >= 4 is 6.03 Å². The number of benzene rings is 1. The average Bonchev–Trinajstić information content (AvgIpc) is 2.54. The maximum absolute atomic E-state index is 12.9. The Morgan fingerprint density at radius 1 is 1.09 bits per heavy atom. The molecule has 2 N–H and O–H groups in total. The molecule has 1 aromatic heterocycles. The minimum atomic E-state index is -0.288. The summed E-state index contributed by atoms with van der Waals surface area (Å²) < 4.78 is 12.9. The Labute approximate surface area is 129 Å². The Morgan fingerprint density at radius 2 is 1.73 bits per heavy atom. The van der Waals surface area contributed by atoms with E-state index in [0.717, 1.165) is 17.5 Å². The molecule has 0 radical (unpaired) electrons. The molecule has 1 aromatic carbocycles. The summed E-state index contributed by atoms with van der Waals surface area (Å²) in [4.78, 5) is 16.1. The van der Waals surface area contributed by atoms with Crippen LogP contribution in [0, 0.1) is 5.82 Å². The van der Waals surface area contributed by atoms with Gasteiger partial charge in [0.2, 0.25) is 0 Å². The molecule has 0 fully saturated rings. The monoisotopic (exact) mass is 301 g/mol. The molecule has 2 aromatic rings. The van der Waals surface area contributed by atoms with Crippen LogP contribution in [0.2, 0.25) is 0 Å². The summed E-state index contributed by atoms with van der Waals surface area (Å²) in [5.74, 6) is -0.288. The first kappa shape index (κ1) is 15.9. The van der Waals surface area contributed by atoms with Crippen LogP contribution in [-0.2, 0) is 0 Å². The summed E-state index contributed by atoms with van der Waals surface area (Å²) in [7, 11) is 0. The summed E-state index contributed by atoms with van der Waals surface area (Å²) in [6, 6.07) is 9.37. The van der Waals surface area contributed by atoms with Crippen LogP contribution < -0.4 is 10.6 Å². The van der Waals surface area contributed by atoms with Crippen LogP contribution in [0.25, 0.3) is 0 Å². The fourth-order valence-corrected chi connectivity index (χ4v) is 2.25. The average molecular weight is 301 g/mol. The first-order valence-corrected chi connectivity index (χ1v) is 7.32. The molecule has 0 aliphatic rings. The van der Waals surface area contributed by atoms with E-state index in [1.807, 2.05) is 26.0 Å². The van der Waals surface area contributed by atoms with Crippen molar-refractivity contribution in [1.29, 1.82) is 0 Å². The van der Waals surface area contributed by atoms with Gasteiger partial charge in [0.15, 0.2) is 0 Å². The molecule has 0 saturated heterocycles. The van der Waals surface area contributed by atoms with E-state index in [9.17, 15) is 9.18 Å². The Balaban J connectivity index is 1.95. The van der Waals surface area contributed by atoms with Crippen LogP contribution in [0.3, 0.4) is 0 Å². The number of rotatable bonds is 5. The van der Waals surface area contributed by atoms with Crippen LogP contribution in [0.4, 0.5) is 9.18 Å². The molecule has 116 valence electrons. The van der Waals surface area contributed by atoms with E-state index in [0.29, 0.717) is 0 Å². The van der Waals surface area contributed by atoms with E-state index >= 15 is 0 Å². The number of pyridine rings is 1. The molecule has 0 bridgehead atoms. The predicted octanol–water partition coefficient (Wildman–Crippen LogP) is 3.73. The Morgan fingerprint density at radius 3 is 2.32 bits per heavy atom. The summed E-state index contributed by atoms with van der Waals surface area (Å²) in [5.41, 5.74) is 1.87. The maximum atomic E-state index is 12.9. The number of amides is 2. The molecule has 0 spiro atoms. The van der Waals surface area contributed by atoms with Gasteiger partial charge in [0.1, 0.15) is 5.82 Å². The van der Waals surface area contributed by atoms with Crippen LogP contribution >= 0.6 is 0 Å². The molecule has 4 nitrogen and oxygen atoms in total.